The van der Waals surface area contributed by atoms with Crippen molar-refractivity contribution in [1.82, 2.24) is 14.4 Å². The first kappa shape index (κ1) is 21.0. The highest BCUT2D eigenvalue weighted by Crippen LogP contribution is 2.36. The smallest absolute Gasteiger partial charge is 0.246 e. The molecule has 1 aliphatic rings. The maximum atomic E-state index is 12.8. The van der Waals surface area contributed by atoms with Crippen molar-refractivity contribution < 1.29 is 4.79 Å². The molecule has 0 saturated carbocycles. The van der Waals surface area contributed by atoms with Gasteiger partial charge in [-0.15, -0.1) is 0 Å². The van der Waals surface area contributed by atoms with Crippen LogP contribution in [0.4, 0.5) is 0 Å². The van der Waals surface area contributed by atoms with E-state index in [4.69, 9.17) is 23.2 Å². The lowest BCUT2D eigenvalue weighted by Crippen LogP contribution is -2.33. The van der Waals surface area contributed by atoms with Crippen molar-refractivity contribution in [3.8, 4) is 11.1 Å². The molecule has 0 atom stereocenters. The van der Waals surface area contributed by atoms with Crippen LogP contribution in [0.15, 0.2) is 42.6 Å². The fourth-order valence-corrected chi connectivity index (χ4v) is 4.27. The minimum atomic E-state index is -0.00483. The normalized spacial score (nSPS) is 15.8. The van der Waals surface area contributed by atoms with Gasteiger partial charge in [0.05, 0.1) is 10.0 Å². The van der Waals surface area contributed by atoms with Crippen LogP contribution in [0.3, 0.4) is 0 Å². The topological polar surface area (TPSA) is 28.5 Å². The molecule has 1 radical (unpaired) electrons. The third kappa shape index (κ3) is 4.27. The van der Waals surface area contributed by atoms with Crippen LogP contribution in [-0.4, -0.2) is 53.5 Å². The summed E-state index contributed by atoms with van der Waals surface area (Å²) in [5, 5.41) is 1.90. The molecule has 1 fully saturated rings. The van der Waals surface area contributed by atoms with Crippen LogP contribution in [0.2, 0.25) is 10.0 Å². The van der Waals surface area contributed by atoms with Crippen LogP contribution in [0.1, 0.15) is 12.0 Å². The number of fused-ring (bicyclic) bond motifs is 1. The molecule has 3 aromatic rings. The van der Waals surface area contributed by atoms with Gasteiger partial charge in [0.25, 0.3) is 0 Å². The summed E-state index contributed by atoms with van der Waals surface area (Å²) in [6, 6.07) is 13.2. The van der Waals surface area contributed by atoms with E-state index in [1.165, 1.54) is 0 Å². The fourth-order valence-electron chi connectivity index (χ4n) is 3.89. The van der Waals surface area contributed by atoms with E-state index in [9.17, 15) is 4.79 Å². The van der Waals surface area contributed by atoms with Crippen molar-refractivity contribution in [2.45, 2.75) is 6.42 Å². The molecule has 155 valence electrons. The van der Waals surface area contributed by atoms with Crippen LogP contribution in [0.25, 0.3) is 28.1 Å². The monoisotopic (exact) mass is 440 g/mol. The van der Waals surface area contributed by atoms with Gasteiger partial charge >= 0.3 is 0 Å². The molecule has 0 spiro atoms. The molecule has 1 saturated heterocycles. The summed E-state index contributed by atoms with van der Waals surface area (Å²) in [4.78, 5) is 16.9. The summed E-state index contributed by atoms with van der Waals surface area (Å²) < 4.78 is 2.08. The van der Waals surface area contributed by atoms with Crippen molar-refractivity contribution in [3.63, 3.8) is 0 Å². The molecule has 4 rings (SSSR count). The van der Waals surface area contributed by atoms with Crippen molar-refractivity contribution in [2.75, 3.05) is 33.2 Å². The lowest BCUT2D eigenvalue weighted by Gasteiger charge is -2.18. The van der Waals surface area contributed by atoms with Crippen LogP contribution in [0, 0.1) is 6.07 Å². The number of amides is 1. The predicted octanol–water partition coefficient (Wildman–Crippen LogP) is 5.13. The van der Waals surface area contributed by atoms with Gasteiger partial charge in [-0.2, -0.15) is 0 Å². The van der Waals surface area contributed by atoms with Crippen LogP contribution >= 0.6 is 23.2 Å². The lowest BCUT2D eigenvalue weighted by molar-refractivity contribution is -0.125. The van der Waals surface area contributed by atoms with Crippen molar-refractivity contribution in [1.29, 1.82) is 0 Å². The van der Waals surface area contributed by atoms with Crippen LogP contribution in [-0.2, 0) is 11.8 Å². The van der Waals surface area contributed by atoms with E-state index < -0.39 is 0 Å². The number of likely N-dealkylation sites (N-methyl/N-ethyl adjacent to an activating group) is 1. The third-order valence-corrected chi connectivity index (χ3v) is 6.47. The molecular weight excluding hydrogens is 417 g/mol. The summed E-state index contributed by atoms with van der Waals surface area (Å²) in [5.74, 6) is -0.00483. The number of hydrogen-bond donors (Lipinski definition) is 0. The Morgan fingerprint density at radius 1 is 1.10 bits per heavy atom. The zero-order chi connectivity index (χ0) is 21.3. The molecule has 1 aliphatic heterocycles. The van der Waals surface area contributed by atoms with Crippen molar-refractivity contribution in [2.24, 2.45) is 7.05 Å². The Bertz CT molecular complexity index is 1120. The molecule has 2 aromatic carbocycles. The highest BCUT2D eigenvalue weighted by molar-refractivity contribution is 6.43. The summed E-state index contributed by atoms with van der Waals surface area (Å²) in [6.45, 7) is 3.39. The minimum Gasteiger partial charge on any atom is -0.351 e. The van der Waals surface area contributed by atoms with Gasteiger partial charge in [0.1, 0.15) is 0 Å². The molecule has 4 nitrogen and oxygen atoms in total. The maximum Gasteiger partial charge on any atom is 0.246 e. The summed E-state index contributed by atoms with van der Waals surface area (Å²) in [6.07, 6.45) is 6.40. The number of aromatic nitrogens is 1. The second kappa shape index (κ2) is 8.84. The number of carbonyl (C=O) groups is 1. The SMILES string of the molecule is CN1CCCN(C(=O)/C=C/c2c(-c3ccc4c(ccn4C)c3)c[c]c(Cl)c2Cl)CC1. The van der Waals surface area contributed by atoms with E-state index in [0.717, 1.165) is 60.2 Å². The number of nitrogens with zero attached hydrogens (tertiary/aromatic N) is 3. The first-order chi connectivity index (χ1) is 14.4. The molecule has 0 N–H and O–H groups in total. The van der Waals surface area contributed by atoms with E-state index >= 15 is 0 Å². The number of aryl methyl sites for hydroxylation is 1. The van der Waals surface area contributed by atoms with Gasteiger partial charge in [0.2, 0.25) is 5.91 Å². The van der Waals surface area contributed by atoms with E-state index in [1.807, 2.05) is 24.2 Å². The number of hydrogen-bond acceptors (Lipinski definition) is 2. The zero-order valence-electron chi connectivity index (χ0n) is 17.2. The van der Waals surface area contributed by atoms with Gasteiger partial charge in [0.15, 0.2) is 0 Å². The Hall–Kier alpha value is -2.27. The van der Waals surface area contributed by atoms with E-state index in [-0.39, 0.29) is 5.91 Å². The van der Waals surface area contributed by atoms with Gasteiger partial charge < -0.3 is 14.4 Å². The maximum absolute atomic E-state index is 12.8. The Kier molecular flexibility index (Phi) is 6.19. The second-order valence-corrected chi connectivity index (χ2v) is 8.52. The fraction of sp³-hybridized carbons (Fsp3) is 0.292. The zero-order valence-corrected chi connectivity index (χ0v) is 18.7. The quantitative estimate of drug-likeness (QED) is 0.528. The molecule has 1 amide bonds. The third-order valence-electron chi connectivity index (χ3n) is 5.68. The number of benzene rings is 2. The Morgan fingerprint density at radius 2 is 1.93 bits per heavy atom. The summed E-state index contributed by atoms with van der Waals surface area (Å²) >= 11 is 12.8. The summed E-state index contributed by atoms with van der Waals surface area (Å²) in [7, 11) is 4.11. The first-order valence-electron chi connectivity index (χ1n) is 10.0. The molecule has 0 bridgehead atoms. The average Bonchev–Trinajstić information content (AvgIpc) is 2.96. The Morgan fingerprint density at radius 3 is 2.77 bits per heavy atom. The number of rotatable bonds is 3. The molecule has 0 aliphatic carbocycles. The van der Waals surface area contributed by atoms with Crippen molar-refractivity contribution in [3.05, 3.63) is 64.3 Å². The van der Waals surface area contributed by atoms with E-state index in [0.29, 0.717) is 10.0 Å². The van der Waals surface area contributed by atoms with Crippen molar-refractivity contribution >= 4 is 46.1 Å². The molecule has 1 aromatic heterocycles. The molecule has 2 heterocycles. The number of halogens is 2. The van der Waals surface area contributed by atoms with Gasteiger partial charge in [-0.25, -0.2) is 0 Å². The summed E-state index contributed by atoms with van der Waals surface area (Å²) in [5.41, 5.74) is 3.79. The molecular formula is C24H24Cl2N3O. The molecule has 6 heteroatoms. The predicted molar refractivity (Wildman–Crippen MR) is 125 cm³/mol. The Balaban J connectivity index is 1.67. The molecule has 30 heavy (non-hydrogen) atoms. The minimum absolute atomic E-state index is 0.00483. The van der Waals surface area contributed by atoms with Gasteiger partial charge in [-0.3, -0.25) is 4.79 Å². The standard InChI is InChI=1S/C24H24Cl2N3O/c1-27-11-3-12-29(15-14-27)23(30)9-6-20-19(5-7-21(25)24(20)26)17-4-8-22-18(16-17)10-13-28(22)2/h4-6,8-10,13,16H,3,11-12,14-15H2,1-2H3/b9-6+. The van der Waals surface area contributed by atoms with Gasteiger partial charge in [0, 0.05) is 61.5 Å². The highest BCUT2D eigenvalue weighted by Gasteiger charge is 2.17. The van der Waals surface area contributed by atoms with Gasteiger partial charge in [-0.05, 0) is 61.5 Å². The van der Waals surface area contributed by atoms with Gasteiger partial charge in [-0.1, -0.05) is 29.3 Å². The van der Waals surface area contributed by atoms with E-state index in [2.05, 4.69) is 46.8 Å². The van der Waals surface area contributed by atoms with E-state index in [1.54, 1.807) is 12.2 Å². The molecule has 0 unspecified atom stereocenters. The lowest BCUT2D eigenvalue weighted by atomic mass is 9.98. The first-order valence-corrected chi connectivity index (χ1v) is 10.8. The Labute approximate surface area is 187 Å². The van der Waals surface area contributed by atoms with Crippen LogP contribution < -0.4 is 0 Å². The number of carbonyl (C=O) groups excluding carboxylic acids is 1. The second-order valence-electron chi connectivity index (χ2n) is 7.76. The largest absolute Gasteiger partial charge is 0.351 e. The van der Waals surface area contributed by atoms with Crippen LogP contribution in [0.5, 0.6) is 0 Å². The average molecular weight is 441 g/mol. The highest BCUT2D eigenvalue weighted by atomic mass is 35.5.